The summed E-state index contributed by atoms with van der Waals surface area (Å²) in [6, 6.07) is -0.170. The minimum Gasteiger partial charge on any atom is -0.462 e. The molecule has 0 fully saturated rings. The molecule has 0 unspecified atom stereocenters. The van der Waals surface area contributed by atoms with E-state index >= 15 is 0 Å². The lowest BCUT2D eigenvalue weighted by Gasteiger charge is -2.22. The maximum atomic E-state index is 12.0. The van der Waals surface area contributed by atoms with E-state index in [1.54, 1.807) is 0 Å². The summed E-state index contributed by atoms with van der Waals surface area (Å²) < 4.78 is 5.32. The molecule has 0 bridgehead atoms. The molecule has 0 saturated heterocycles. The van der Waals surface area contributed by atoms with Gasteiger partial charge in [-0.3, -0.25) is 4.79 Å². The molecular formula is C20H41NO2. The van der Waals surface area contributed by atoms with E-state index in [1.165, 1.54) is 57.8 Å². The second-order valence-electron chi connectivity index (χ2n) is 7.34. The first-order valence-electron chi connectivity index (χ1n) is 9.92. The summed E-state index contributed by atoms with van der Waals surface area (Å²) in [7, 11) is 0. The highest BCUT2D eigenvalue weighted by Crippen LogP contribution is 2.11. The number of carbonyl (C=O) groups is 1. The quantitative estimate of drug-likeness (QED) is 0.320. The van der Waals surface area contributed by atoms with Gasteiger partial charge < -0.3 is 10.1 Å². The fourth-order valence-electron chi connectivity index (χ4n) is 2.77. The molecule has 138 valence electrons. The van der Waals surface area contributed by atoms with Crippen LogP contribution in [0.4, 0.5) is 0 Å². The molecule has 3 nitrogen and oxygen atoms in total. The summed E-state index contributed by atoms with van der Waals surface area (Å²) in [4.78, 5) is 12.0. The molecule has 0 amide bonds. The molecular weight excluding hydrogens is 286 g/mol. The maximum absolute atomic E-state index is 12.0. The van der Waals surface area contributed by atoms with Crippen LogP contribution in [-0.2, 0) is 9.53 Å². The second-order valence-corrected chi connectivity index (χ2v) is 7.34. The second kappa shape index (κ2) is 15.0. The van der Waals surface area contributed by atoms with Gasteiger partial charge in [0.05, 0.1) is 6.10 Å². The normalized spacial score (nSPS) is 12.8. The summed E-state index contributed by atoms with van der Waals surface area (Å²) in [6.07, 6.45) is 13.3. The van der Waals surface area contributed by atoms with Crippen LogP contribution in [0.3, 0.4) is 0 Å². The third-order valence-electron chi connectivity index (χ3n) is 4.17. The van der Waals surface area contributed by atoms with Crippen molar-refractivity contribution in [1.29, 1.82) is 0 Å². The molecule has 0 radical (unpaired) electrons. The number of hydrogen-bond acceptors (Lipinski definition) is 3. The van der Waals surface area contributed by atoms with Crippen LogP contribution in [0, 0.1) is 5.92 Å². The van der Waals surface area contributed by atoms with Crippen LogP contribution in [0.25, 0.3) is 0 Å². The smallest absolute Gasteiger partial charge is 0.323 e. The van der Waals surface area contributed by atoms with Crippen LogP contribution < -0.4 is 5.32 Å². The number of ether oxygens (including phenoxy) is 1. The molecule has 1 atom stereocenters. The Hall–Kier alpha value is -0.570. The predicted octanol–water partition coefficient (Wildman–Crippen LogP) is 5.47. The van der Waals surface area contributed by atoms with Gasteiger partial charge in [-0.05, 0) is 32.7 Å². The van der Waals surface area contributed by atoms with Gasteiger partial charge >= 0.3 is 5.97 Å². The van der Waals surface area contributed by atoms with Crippen molar-refractivity contribution >= 4 is 5.97 Å². The van der Waals surface area contributed by atoms with Gasteiger partial charge in [0.15, 0.2) is 0 Å². The summed E-state index contributed by atoms with van der Waals surface area (Å²) in [5.74, 6) is 0.159. The molecule has 3 heteroatoms. The van der Waals surface area contributed by atoms with E-state index in [1.807, 2.05) is 13.8 Å². The Morgan fingerprint density at radius 3 is 1.74 bits per heavy atom. The summed E-state index contributed by atoms with van der Waals surface area (Å²) >= 11 is 0. The van der Waals surface area contributed by atoms with Crippen molar-refractivity contribution in [3.63, 3.8) is 0 Å². The number of hydrogen-bond donors (Lipinski definition) is 1. The molecule has 0 aliphatic heterocycles. The molecule has 23 heavy (non-hydrogen) atoms. The number of rotatable bonds is 15. The molecule has 0 rings (SSSR count). The molecule has 0 saturated carbocycles. The van der Waals surface area contributed by atoms with E-state index in [2.05, 4.69) is 26.1 Å². The van der Waals surface area contributed by atoms with E-state index in [9.17, 15) is 4.79 Å². The molecule has 0 aromatic rings. The largest absolute Gasteiger partial charge is 0.462 e. The zero-order valence-corrected chi connectivity index (χ0v) is 16.3. The standard InChI is InChI=1S/C20H41NO2/c1-6-7-8-9-10-11-12-13-14-15-16-21-19(17(2)3)20(22)23-18(4)5/h17-19,21H,6-16H2,1-5H3/t19-/m0/s1. The predicted molar refractivity (Wildman–Crippen MR) is 99.7 cm³/mol. The van der Waals surface area contributed by atoms with E-state index in [-0.39, 0.29) is 24.0 Å². The van der Waals surface area contributed by atoms with Gasteiger partial charge in [0.1, 0.15) is 6.04 Å². The Bertz CT molecular complexity index is 277. The number of esters is 1. The van der Waals surface area contributed by atoms with Crippen LogP contribution in [0.2, 0.25) is 0 Å². The van der Waals surface area contributed by atoms with Gasteiger partial charge in [-0.15, -0.1) is 0 Å². The molecule has 1 N–H and O–H groups in total. The van der Waals surface area contributed by atoms with Crippen LogP contribution in [-0.4, -0.2) is 24.7 Å². The molecule has 0 aromatic carbocycles. The average molecular weight is 328 g/mol. The minimum atomic E-state index is -0.170. The minimum absolute atomic E-state index is 0.0390. The van der Waals surface area contributed by atoms with Crippen LogP contribution >= 0.6 is 0 Å². The van der Waals surface area contributed by atoms with Gasteiger partial charge in [-0.25, -0.2) is 0 Å². The topological polar surface area (TPSA) is 38.3 Å². The van der Waals surface area contributed by atoms with Gasteiger partial charge in [-0.2, -0.15) is 0 Å². The summed E-state index contributed by atoms with van der Waals surface area (Å²) in [5, 5.41) is 3.38. The van der Waals surface area contributed by atoms with Crippen LogP contribution in [0.1, 0.15) is 98.8 Å². The van der Waals surface area contributed by atoms with E-state index in [0.717, 1.165) is 13.0 Å². The van der Waals surface area contributed by atoms with Gasteiger partial charge in [0.25, 0.3) is 0 Å². The fourth-order valence-corrected chi connectivity index (χ4v) is 2.77. The van der Waals surface area contributed by atoms with Crippen molar-refractivity contribution in [2.24, 2.45) is 5.92 Å². The van der Waals surface area contributed by atoms with Gasteiger partial charge in [0, 0.05) is 0 Å². The summed E-state index contributed by atoms with van der Waals surface area (Å²) in [6.45, 7) is 11.1. The lowest BCUT2D eigenvalue weighted by atomic mass is 10.0. The van der Waals surface area contributed by atoms with Crippen molar-refractivity contribution in [3.8, 4) is 0 Å². The van der Waals surface area contributed by atoms with E-state index < -0.39 is 0 Å². The zero-order chi connectivity index (χ0) is 17.5. The zero-order valence-electron chi connectivity index (χ0n) is 16.3. The Kier molecular flexibility index (Phi) is 14.6. The Morgan fingerprint density at radius 2 is 1.30 bits per heavy atom. The summed E-state index contributed by atoms with van der Waals surface area (Å²) in [5.41, 5.74) is 0. The van der Waals surface area contributed by atoms with Crippen molar-refractivity contribution in [2.75, 3.05) is 6.54 Å². The number of nitrogens with one attached hydrogen (secondary N) is 1. The first-order chi connectivity index (χ1) is 11.0. The lowest BCUT2D eigenvalue weighted by Crippen LogP contribution is -2.43. The fraction of sp³-hybridized carbons (Fsp3) is 0.950. The lowest BCUT2D eigenvalue weighted by molar-refractivity contribution is -0.151. The molecule has 0 aliphatic rings. The van der Waals surface area contributed by atoms with Gasteiger partial charge in [0.2, 0.25) is 0 Å². The van der Waals surface area contributed by atoms with Crippen molar-refractivity contribution in [3.05, 3.63) is 0 Å². The highest BCUT2D eigenvalue weighted by Gasteiger charge is 2.23. The molecule has 0 spiro atoms. The van der Waals surface area contributed by atoms with Crippen molar-refractivity contribution < 1.29 is 9.53 Å². The van der Waals surface area contributed by atoms with E-state index in [4.69, 9.17) is 4.74 Å². The average Bonchev–Trinajstić information content (AvgIpc) is 2.47. The van der Waals surface area contributed by atoms with Crippen molar-refractivity contribution in [2.45, 2.75) is 111 Å². The number of carbonyl (C=O) groups excluding carboxylic acids is 1. The Labute approximate surface area is 144 Å². The Morgan fingerprint density at radius 1 is 0.826 bits per heavy atom. The maximum Gasteiger partial charge on any atom is 0.323 e. The first kappa shape index (κ1) is 22.4. The molecule has 0 aliphatic carbocycles. The highest BCUT2D eigenvalue weighted by molar-refractivity contribution is 5.76. The Balaban J connectivity index is 3.58. The third-order valence-corrected chi connectivity index (χ3v) is 4.17. The van der Waals surface area contributed by atoms with E-state index in [0.29, 0.717) is 0 Å². The SMILES string of the molecule is CCCCCCCCCCCCN[C@H](C(=O)OC(C)C)C(C)C. The van der Waals surface area contributed by atoms with Crippen LogP contribution in [0.15, 0.2) is 0 Å². The number of unbranched alkanes of at least 4 members (excludes halogenated alkanes) is 9. The highest BCUT2D eigenvalue weighted by atomic mass is 16.5. The monoisotopic (exact) mass is 327 g/mol. The van der Waals surface area contributed by atoms with Gasteiger partial charge in [-0.1, -0.05) is 78.6 Å². The first-order valence-corrected chi connectivity index (χ1v) is 9.92. The third kappa shape index (κ3) is 13.6. The van der Waals surface area contributed by atoms with Crippen molar-refractivity contribution in [1.82, 2.24) is 5.32 Å². The molecule has 0 heterocycles. The van der Waals surface area contributed by atoms with Crippen LogP contribution in [0.5, 0.6) is 0 Å². The molecule has 0 aromatic heterocycles.